The summed E-state index contributed by atoms with van der Waals surface area (Å²) in [6, 6.07) is 13.0. The minimum absolute atomic E-state index is 0.0817. The first-order valence-electron chi connectivity index (χ1n) is 11.0. The van der Waals surface area contributed by atoms with Gasteiger partial charge in [0.25, 0.3) is 5.91 Å². The van der Waals surface area contributed by atoms with Gasteiger partial charge in [0.2, 0.25) is 0 Å². The van der Waals surface area contributed by atoms with Gasteiger partial charge in [0, 0.05) is 41.1 Å². The molecular weight excluding hydrogens is 402 g/mol. The van der Waals surface area contributed by atoms with Gasteiger partial charge in [0.1, 0.15) is 11.6 Å². The summed E-state index contributed by atoms with van der Waals surface area (Å²) in [6.45, 7) is 8.61. The van der Waals surface area contributed by atoms with Crippen LogP contribution in [0.25, 0.3) is 0 Å². The van der Waals surface area contributed by atoms with Crippen LogP contribution in [0, 0.1) is 5.41 Å². The van der Waals surface area contributed by atoms with Gasteiger partial charge in [-0.2, -0.15) is 0 Å². The zero-order chi connectivity index (χ0) is 22.9. The first kappa shape index (κ1) is 21.8. The Bertz CT molecular complexity index is 1100. The average Bonchev–Trinajstić information content (AvgIpc) is 2.73. The van der Waals surface area contributed by atoms with Crippen LogP contribution in [0.15, 0.2) is 71.2 Å². The second-order valence-corrected chi connectivity index (χ2v) is 9.10. The van der Waals surface area contributed by atoms with Crippen LogP contribution in [-0.2, 0) is 9.59 Å². The van der Waals surface area contributed by atoms with Crippen molar-refractivity contribution in [3.05, 3.63) is 76.8 Å². The number of Topliss-reactive ketones (excluding diaryl/α,β-unsaturated/α-hetero) is 1. The topological polar surface area (TPSA) is 80.3 Å². The van der Waals surface area contributed by atoms with E-state index < -0.39 is 5.92 Å². The Balaban J connectivity index is 1.79. The third-order valence-corrected chi connectivity index (χ3v) is 5.92. The molecule has 0 unspecified atom stereocenters. The predicted octanol–water partition coefficient (Wildman–Crippen LogP) is 4.72. The van der Waals surface area contributed by atoms with Crippen LogP contribution in [0.1, 0.15) is 52.0 Å². The first-order chi connectivity index (χ1) is 15.3. The Kier molecular flexibility index (Phi) is 5.87. The van der Waals surface area contributed by atoms with Crippen LogP contribution >= 0.6 is 0 Å². The van der Waals surface area contributed by atoms with Crippen molar-refractivity contribution in [3.8, 4) is 5.75 Å². The molecular formula is C26H29N3O3. The van der Waals surface area contributed by atoms with Crippen LogP contribution in [-0.4, -0.2) is 23.3 Å². The van der Waals surface area contributed by atoms with Crippen LogP contribution in [0.5, 0.6) is 5.75 Å². The Labute approximate surface area is 188 Å². The number of amides is 1. The second kappa shape index (κ2) is 8.61. The lowest BCUT2D eigenvalue weighted by Crippen LogP contribution is -2.39. The van der Waals surface area contributed by atoms with Crippen molar-refractivity contribution in [2.75, 3.05) is 11.9 Å². The summed E-state index contributed by atoms with van der Waals surface area (Å²) in [5.74, 6) is 0.596. The standard InChI is InChI=1S/C26H29N3O3/c1-5-32-18-11-9-17(10-12-18)23-22(25(31)29-21-8-6-7-13-27-21)16(2)28-19-14-26(3,4)15-20(30)24(19)23/h6-13,23,28H,5,14-15H2,1-4H3,(H,27,29,31)/t23-/m0/s1. The first-order valence-corrected chi connectivity index (χ1v) is 11.0. The summed E-state index contributed by atoms with van der Waals surface area (Å²) in [5.41, 5.74) is 3.65. The molecule has 0 spiro atoms. The molecule has 1 aromatic heterocycles. The van der Waals surface area contributed by atoms with Gasteiger partial charge in [-0.25, -0.2) is 4.98 Å². The van der Waals surface area contributed by atoms with Gasteiger partial charge in [0.15, 0.2) is 5.78 Å². The van der Waals surface area contributed by atoms with E-state index in [1.54, 1.807) is 18.3 Å². The van der Waals surface area contributed by atoms with Gasteiger partial charge in [-0.15, -0.1) is 0 Å². The lowest BCUT2D eigenvalue weighted by atomic mass is 9.68. The number of ether oxygens (including phenoxy) is 1. The van der Waals surface area contributed by atoms with Gasteiger partial charge in [-0.05, 0) is 55.5 Å². The molecule has 2 heterocycles. The Morgan fingerprint density at radius 2 is 1.94 bits per heavy atom. The van der Waals surface area contributed by atoms with E-state index in [2.05, 4.69) is 29.5 Å². The zero-order valence-electron chi connectivity index (χ0n) is 19.0. The number of pyridine rings is 1. The van der Waals surface area contributed by atoms with E-state index in [4.69, 9.17) is 4.74 Å². The number of anilines is 1. The number of rotatable bonds is 5. The number of benzene rings is 1. The molecule has 166 valence electrons. The molecule has 6 heteroatoms. The van der Waals surface area contributed by atoms with E-state index in [1.807, 2.05) is 44.2 Å². The average molecular weight is 432 g/mol. The highest BCUT2D eigenvalue weighted by molar-refractivity contribution is 6.09. The fraction of sp³-hybridized carbons (Fsp3) is 0.346. The fourth-order valence-corrected chi connectivity index (χ4v) is 4.61. The number of nitrogens with zero attached hydrogens (tertiary/aromatic N) is 1. The molecule has 0 bridgehead atoms. The number of ketones is 1. The SMILES string of the molecule is CCOc1ccc([C@H]2C(C(=O)Nc3ccccn3)=C(C)NC3=C2C(=O)CC(C)(C)C3)cc1. The van der Waals surface area contributed by atoms with Crippen LogP contribution in [0.3, 0.4) is 0 Å². The maximum Gasteiger partial charge on any atom is 0.255 e. The third-order valence-electron chi connectivity index (χ3n) is 5.92. The summed E-state index contributed by atoms with van der Waals surface area (Å²) in [4.78, 5) is 31.0. The molecule has 4 rings (SSSR count). The van der Waals surface area contributed by atoms with Gasteiger partial charge in [0.05, 0.1) is 6.61 Å². The lowest BCUT2D eigenvalue weighted by molar-refractivity contribution is -0.118. The quantitative estimate of drug-likeness (QED) is 0.716. The van der Waals surface area contributed by atoms with Crippen molar-refractivity contribution < 1.29 is 14.3 Å². The molecule has 1 amide bonds. The number of hydrogen-bond donors (Lipinski definition) is 2. The van der Waals surface area contributed by atoms with Crippen molar-refractivity contribution >= 4 is 17.5 Å². The van der Waals surface area contributed by atoms with Crippen molar-refractivity contribution in [1.29, 1.82) is 0 Å². The van der Waals surface area contributed by atoms with Crippen molar-refractivity contribution in [2.45, 2.75) is 46.5 Å². The molecule has 0 fully saturated rings. The van der Waals surface area contributed by atoms with Crippen molar-refractivity contribution in [3.63, 3.8) is 0 Å². The smallest absolute Gasteiger partial charge is 0.255 e. The molecule has 0 saturated heterocycles. The number of nitrogens with one attached hydrogen (secondary N) is 2. The molecule has 0 radical (unpaired) electrons. The molecule has 1 atom stereocenters. The largest absolute Gasteiger partial charge is 0.494 e. The molecule has 0 saturated carbocycles. The highest BCUT2D eigenvalue weighted by Crippen LogP contribution is 2.46. The fourth-order valence-electron chi connectivity index (χ4n) is 4.61. The summed E-state index contributed by atoms with van der Waals surface area (Å²) < 4.78 is 5.59. The third kappa shape index (κ3) is 4.31. The van der Waals surface area contributed by atoms with E-state index in [1.165, 1.54) is 0 Å². The molecule has 2 aliphatic rings. The van der Waals surface area contributed by atoms with Crippen LogP contribution in [0.4, 0.5) is 5.82 Å². The number of allylic oxidation sites excluding steroid dienone is 3. The lowest BCUT2D eigenvalue weighted by Gasteiger charge is -2.39. The number of dihydropyridines is 1. The van der Waals surface area contributed by atoms with Crippen molar-refractivity contribution in [1.82, 2.24) is 10.3 Å². The molecule has 2 N–H and O–H groups in total. The monoisotopic (exact) mass is 431 g/mol. The highest BCUT2D eigenvalue weighted by Gasteiger charge is 2.42. The van der Waals surface area contributed by atoms with E-state index in [-0.39, 0.29) is 17.1 Å². The Morgan fingerprint density at radius 1 is 1.19 bits per heavy atom. The van der Waals surface area contributed by atoms with Gasteiger partial charge in [-0.1, -0.05) is 32.0 Å². The van der Waals surface area contributed by atoms with Crippen LogP contribution in [0.2, 0.25) is 0 Å². The second-order valence-electron chi connectivity index (χ2n) is 9.10. The molecule has 1 aliphatic carbocycles. The van der Waals surface area contributed by atoms with E-state index in [9.17, 15) is 9.59 Å². The zero-order valence-corrected chi connectivity index (χ0v) is 19.0. The number of carbonyl (C=O) groups is 2. The minimum Gasteiger partial charge on any atom is -0.494 e. The minimum atomic E-state index is -0.450. The van der Waals surface area contributed by atoms with Gasteiger partial charge in [-0.3, -0.25) is 9.59 Å². The van der Waals surface area contributed by atoms with E-state index in [0.29, 0.717) is 30.0 Å². The molecule has 1 aliphatic heterocycles. The molecule has 1 aromatic carbocycles. The Hall–Kier alpha value is -3.41. The maximum atomic E-state index is 13.4. The maximum absolute atomic E-state index is 13.4. The summed E-state index contributed by atoms with van der Waals surface area (Å²) in [6.07, 6.45) is 2.84. The molecule has 32 heavy (non-hydrogen) atoms. The number of hydrogen-bond acceptors (Lipinski definition) is 5. The number of carbonyl (C=O) groups excluding carboxylic acids is 2. The van der Waals surface area contributed by atoms with Gasteiger partial charge >= 0.3 is 0 Å². The molecule has 2 aromatic rings. The molecule has 6 nitrogen and oxygen atoms in total. The Morgan fingerprint density at radius 3 is 2.59 bits per heavy atom. The van der Waals surface area contributed by atoms with E-state index >= 15 is 0 Å². The summed E-state index contributed by atoms with van der Waals surface area (Å²) >= 11 is 0. The van der Waals surface area contributed by atoms with E-state index in [0.717, 1.165) is 29.1 Å². The van der Waals surface area contributed by atoms with Crippen LogP contribution < -0.4 is 15.4 Å². The summed E-state index contributed by atoms with van der Waals surface area (Å²) in [7, 11) is 0. The normalized spacial score (nSPS) is 19.9. The highest BCUT2D eigenvalue weighted by atomic mass is 16.5. The summed E-state index contributed by atoms with van der Waals surface area (Å²) in [5, 5.41) is 6.28. The van der Waals surface area contributed by atoms with Crippen molar-refractivity contribution in [2.24, 2.45) is 5.41 Å². The number of aromatic nitrogens is 1. The predicted molar refractivity (Wildman–Crippen MR) is 124 cm³/mol. The van der Waals surface area contributed by atoms with Gasteiger partial charge < -0.3 is 15.4 Å².